The summed E-state index contributed by atoms with van der Waals surface area (Å²) >= 11 is 0. The van der Waals surface area contributed by atoms with Crippen LogP contribution in [0.1, 0.15) is 11.3 Å². The third-order valence-corrected chi connectivity index (χ3v) is 3.21. The van der Waals surface area contributed by atoms with Crippen molar-refractivity contribution >= 4 is 23.2 Å². The molecule has 1 aliphatic rings. The van der Waals surface area contributed by atoms with E-state index in [1.54, 1.807) is 37.7 Å². The van der Waals surface area contributed by atoms with Crippen LogP contribution in [-0.2, 0) is 4.79 Å². The molecule has 1 amide bonds. The quantitative estimate of drug-likeness (QED) is 0.834. The summed E-state index contributed by atoms with van der Waals surface area (Å²) in [4.78, 5) is 20.8. The van der Waals surface area contributed by atoms with Crippen LogP contribution in [-0.4, -0.2) is 30.0 Å². The predicted octanol–water partition coefficient (Wildman–Crippen LogP) is 1.94. The van der Waals surface area contributed by atoms with Crippen LogP contribution in [0.25, 0.3) is 11.6 Å². The Morgan fingerprint density at radius 2 is 2.26 bits per heavy atom. The minimum Gasteiger partial charge on any atom is -0.497 e. The number of nitrogens with one attached hydrogen (secondary N) is 1. The molecule has 3 rings (SSSR count). The van der Waals surface area contributed by atoms with Gasteiger partial charge in [-0.25, -0.2) is 4.98 Å². The average Bonchev–Trinajstić information content (AvgIpc) is 3.02. The number of rotatable bonds is 2. The van der Waals surface area contributed by atoms with Crippen LogP contribution >= 0.6 is 0 Å². The van der Waals surface area contributed by atoms with Crippen molar-refractivity contribution in [1.29, 1.82) is 0 Å². The van der Waals surface area contributed by atoms with Gasteiger partial charge in [0.1, 0.15) is 5.75 Å². The first-order chi connectivity index (χ1) is 9.20. The van der Waals surface area contributed by atoms with E-state index >= 15 is 0 Å². The Hall–Kier alpha value is -2.56. The van der Waals surface area contributed by atoms with Gasteiger partial charge in [0.15, 0.2) is 0 Å². The van der Waals surface area contributed by atoms with Crippen molar-refractivity contribution < 1.29 is 9.53 Å². The lowest BCUT2D eigenvalue weighted by molar-refractivity contribution is -0.112. The molecule has 96 valence electrons. The Morgan fingerprint density at radius 3 is 2.95 bits per heavy atom. The van der Waals surface area contributed by atoms with Crippen molar-refractivity contribution in [1.82, 2.24) is 9.97 Å². The maximum atomic E-state index is 12.3. The number of carbonyl (C=O) groups excluding carboxylic acids is 1. The van der Waals surface area contributed by atoms with E-state index in [2.05, 4.69) is 9.97 Å². The van der Waals surface area contributed by atoms with E-state index in [-0.39, 0.29) is 5.91 Å². The van der Waals surface area contributed by atoms with Gasteiger partial charge in [-0.05, 0) is 24.3 Å². The van der Waals surface area contributed by atoms with E-state index in [9.17, 15) is 4.79 Å². The smallest absolute Gasteiger partial charge is 0.258 e. The van der Waals surface area contributed by atoms with Gasteiger partial charge >= 0.3 is 0 Å². The second-order valence-corrected chi connectivity index (χ2v) is 4.31. The highest BCUT2D eigenvalue weighted by Crippen LogP contribution is 2.38. The molecule has 0 saturated heterocycles. The number of H-pyrrole nitrogens is 1. The SMILES string of the molecule is COc1ccc2c(c1)/C(=C/c1cnc[nH]1)C(=O)N2C. The molecule has 0 bridgehead atoms. The number of aromatic nitrogens is 2. The number of nitrogens with zero attached hydrogens (tertiary/aromatic N) is 2. The zero-order valence-corrected chi connectivity index (χ0v) is 10.7. The summed E-state index contributed by atoms with van der Waals surface area (Å²) in [5, 5.41) is 0. The molecular formula is C14H13N3O2. The summed E-state index contributed by atoms with van der Waals surface area (Å²) < 4.78 is 5.22. The van der Waals surface area contributed by atoms with Gasteiger partial charge in [0.2, 0.25) is 0 Å². The first kappa shape index (κ1) is 11.5. The maximum Gasteiger partial charge on any atom is 0.258 e. The van der Waals surface area contributed by atoms with Gasteiger partial charge < -0.3 is 14.6 Å². The number of ether oxygens (including phenoxy) is 1. The van der Waals surface area contributed by atoms with Crippen LogP contribution in [0.2, 0.25) is 0 Å². The monoisotopic (exact) mass is 255 g/mol. The van der Waals surface area contributed by atoms with Crippen LogP contribution < -0.4 is 9.64 Å². The lowest BCUT2D eigenvalue weighted by atomic mass is 10.1. The number of hydrogen-bond acceptors (Lipinski definition) is 3. The summed E-state index contributed by atoms with van der Waals surface area (Å²) in [5.74, 6) is 0.704. The number of amides is 1. The van der Waals surface area contributed by atoms with Crippen molar-refractivity contribution in [3.63, 3.8) is 0 Å². The topological polar surface area (TPSA) is 58.2 Å². The molecule has 0 spiro atoms. The molecule has 2 aromatic rings. The number of benzene rings is 1. The zero-order chi connectivity index (χ0) is 13.4. The molecule has 0 atom stereocenters. The number of fused-ring (bicyclic) bond motifs is 1. The highest BCUT2D eigenvalue weighted by molar-refractivity contribution is 6.35. The van der Waals surface area contributed by atoms with Gasteiger partial charge in [-0.3, -0.25) is 4.79 Å². The molecule has 1 N–H and O–H groups in total. The summed E-state index contributed by atoms with van der Waals surface area (Å²) in [6.45, 7) is 0. The number of anilines is 1. The lowest BCUT2D eigenvalue weighted by Gasteiger charge is -2.09. The number of likely N-dealkylation sites (N-methyl/N-ethyl adjacent to an activating group) is 1. The summed E-state index contributed by atoms with van der Waals surface area (Å²) in [5.41, 5.74) is 3.20. The Balaban J connectivity index is 2.15. The molecule has 1 aliphatic heterocycles. The molecule has 2 heterocycles. The van der Waals surface area contributed by atoms with Gasteiger partial charge in [0.25, 0.3) is 5.91 Å². The highest BCUT2D eigenvalue weighted by atomic mass is 16.5. The van der Waals surface area contributed by atoms with Gasteiger partial charge in [-0.2, -0.15) is 0 Å². The number of imidazole rings is 1. The molecule has 0 saturated carbocycles. The van der Waals surface area contributed by atoms with E-state index < -0.39 is 0 Å². The van der Waals surface area contributed by atoms with Crippen molar-refractivity contribution in [3.8, 4) is 5.75 Å². The number of carbonyl (C=O) groups is 1. The molecule has 1 aromatic carbocycles. The van der Waals surface area contributed by atoms with Crippen LogP contribution in [0.15, 0.2) is 30.7 Å². The minimum atomic E-state index is -0.0298. The molecule has 0 unspecified atom stereocenters. The fourth-order valence-corrected chi connectivity index (χ4v) is 2.20. The summed E-state index contributed by atoms with van der Waals surface area (Å²) in [6, 6.07) is 5.61. The number of methoxy groups -OCH3 is 1. The Kier molecular flexibility index (Phi) is 2.59. The number of aromatic amines is 1. The van der Waals surface area contributed by atoms with Crippen LogP contribution in [0.3, 0.4) is 0 Å². The second-order valence-electron chi connectivity index (χ2n) is 4.31. The van der Waals surface area contributed by atoms with Crippen LogP contribution in [0, 0.1) is 0 Å². The molecule has 5 nitrogen and oxygen atoms in total. The molecule has 5 heteroatoms. The van der Waals surface area contributed by atoms with Gasteiger partial charge in [0, 0.05) is 12.6 Å². The molecule has 1 aromatic heterocycles. The van der Waals surface area contributed by atoms with E-state index in [1.807, 2.05) is 18.2 Å². The van der Waals surface area contributed by atoms with Crippen molar-refractivity contribution in [2.24, 2.45) is 0 Å². The fraction of sp³-hybridized carbons (Fsp3) is 0.143. The zero-order valence-electron chi connectivity index (χ0n) is 10.7. The minimum absolute atomic E-state index is 0.0298. The van der Waals surface area contributed by atoms with Gasteiger partial charge in [-0.1, -0.05) is 0 Å². The molecular weight excluding hydrogens is 242 g/mol. The van der Waals surface area contributed by atoms with E-state index in [0.29, 0.717) is 5.57 Å². The molecule has 0 aliphatic carbocycles. The second kappa shape index (κ2) is 4.28. The largest absolute Gasteiger partial charge is 0.497 e. The predicted molar refractivity (Wildman–Crippen MR) is 72.9 cm³/mol. The van der Waals surface area contributed by atoms with Crippen LogP contribution in [0.5, 0.6) is 5.75 Å². The van der Waals surface area contributed by atoms with Crippen molar-refractivity contribution in [2.45, 2.75) is 0 Å². The summed E-state index contributed by atoms with van der Waals surface area (Å²) in [7, 11) is 3.38. The van der Waals surface area contributed by atoms with Crippen LogP contribution in [0.4, 0.5) is 5.69 Å². The maximum absolute atomic E-state index is 12.3. The van der Waals surface area contributed by atoms with Gasteiger partial charge in [0.05, 0.1) is 36.6 Å². The summed E-state index contributed by atoms with van der Waals surface area (Å²) in [6.07, 6.45) is 5.07. The van der Waals surface area contributed by atoms with Gasteiger partial charge in [-0.15, -0.1) is 0 Å². The molecule has 0 radical (unpaired) electrons. The highest BCUT2D eigenvalue weighted by Gasteiger charge is 2.30. The first-order valence-electron chi connectivity index (χ1n) is 5.87. The number of hydrogen-bond donors (Lipinski definition) is 1. The Bertz CT molecular complexity index is 659. The van der Waals surface area contributed by atoms with Crippen molar-refractivity contribution in [3.05, 3.63) is 42.0 Å². The lowest BCUT2D eigenvalue weighted by Crippen LogP contribution is -2.20. The Labute approximate surface area is 110 Å². The van der Waals surface area contributed by atoms with Crippen molar-refractivity contribution in [2.75, 3.05) is 19.1 Å². The van der Waals surface area contributed by atoms with E-state index in [4.69, 9.17) is 4.74 Å². The Morgan fingerprint density at radius 1 is 1.42 bits per heavy atom. The third-order valence-electron chi connectivity index (χ3n) is 3.21. The molecule has 19 heavy (non-hydrogen) atoms. The average molecular weight is 255 g/mol. The standard InChI is InChI=1S/C14H13N3O2/c1-17-13-4-3-10(19-2)6-11(13)12(14(17)18)5-9-7-15-8-16-9/h3-8H,1-2H3,(H,15,16)/b12-5-. The van der Waals surface area contributed by atoms with E-state index in [1.165, 1.54) is 0 Å². The van der Waals surface area contributed by atoms with E-state index in [0.717, 1.165) is 22.7 Å². The fourth-order valence-electron chi connectivity index (χ4n) is 2.20. The normalized spacial score (nSPS) is 16.0. The first-order valence-corrected chi connectivity index (χ1v) is 5.87. The third kappa shape index (κ3) is 1.79. The molecule has 0 fully saturated rings.